The molecule has 3 rings (SSSR count). The lowest BCUT2D eigenvalue weighted by Crippen LogP contribution is -2.43. The molecule has 29 heavy (non-hydrogen) atoms. The summed E-state index contributed by atoms with van der Waals surface area (Å²) in [6.07, 6.45) is 0. The topological polar surface area (TPSA) is 119 Å². The van der Waals surface area contributed by atoms with Crippen molar-refractivity contribution in [3.8, 4) is 5.75 Å². The van der Waals surface area contributed by atoms with Gasteiger partial charge in [-0.15, -0.1) is 0 Å². The highest BCUT2D eigenvalue weighted by Crippen LogP contribution is 2.15. The Bertz CT molecular complexity index is 1000. The van der Waals surface area contributed by atoms with E-state index in [4.69, 9.17) is 21.4 Å². The number of hydrazine groups is 1. The highest BCUT2D eigenvalue weighted by Gasteiger charge is 2.12. The fourth-order valence-electron chi connectivity index (χ4n) is 2.25. The van der Waals surface area contributed by atoms with Gasteiger partial charge in [0.05, 0.1) is 4.92 Å². The second kappa shape index (κ2) is 9.33. The number of non-ortho nitro benzene ring substituents is 1. The number of rotatable bonds is 6. The summed E-state index contributed by atoms with van der Waals surface area (Å²) in [5.74, 6) is 0.746. The normalized spacial score (nSPS) is 10.1. The van der Waals surface area contributed by atoms with Gasteiger partial charge in [-0.25, -0.2) is 0 Å². The van der Waals surface area contributed by atoms with Crippen molar-refractivity contribution in [1.29, 1.82) is 0 Å². The summed E-state index contributed by atoms with van der Waals surface area (Å²) in [6, 6.07) is 18.1. The van der Waals surface area contributed by atoms with Crippen molar-refractivity contribution in [2.75, 3.05) is 5.32 Å². The third kappa shape index (κ3) is 5.78. The number of ether oxygens (including phenoxy) is 1. The number of nitro benzene ring substituents is 1. The monoisotopic (exact) mass is 412 g/mol. The Morgan fingerprint density at radius 1 is 1.03 bits per heavy atom. The predicted molar refractivity (Wildman–Crippen MR) is 109 cm³/mol. The molecule has 0 aliphatic rings. The quantitative estimate of drug-likeness (QED) is 0.320. The Morgan fingerprint density at radius 2 is 1.76 bits per heavy atom. The van der Waals surface area contributed by atoms with Gasteiger partial charge in [-0.2, -0.15) is 0 Å². The Morgan fingerprint density at radius 3 is 2.45 bits per heavy atom. The van der Waals surface area contributed by atoms with Gasteiger partial charge in [0, 0.05) is 17.8 Å². The summed E-state index contributed by atoms with van der Waals surface area (Å²) in [5.41, 5.74) is 5.42. The lowest BCUT2D eigenvalue weighted by atomic mass is 10.3. The molecule has 0 aliphatic carbocycles. The molecule has 0 saturated carbocycles. The Kier molecular flexibility index (Phi) is 6.38. The Hall–Kier alpha value is -3.92. The maximum atomic E-state index is 12.1. The molecule has 0 bridgehead atoms. The molecule has 1 aromatic heterocycles. The minimum Gasteiger partial charge on any atom is -0.486 e. The number of furan rings is 1. The van der Waals surface area contributed by atoms with Gasteiger partial charge in [0.2, 0.25) is 0 Å². The zero-order valence-electron chi connectivity index (χ0n) is 15.0. The second-order valence-electron chi connectivity index (χ2n) is 5.70. The van der Waals surface area contributed by atoms with E-state index in [0.29, 0.717) is 17.2 Å². The predicted octanol–water partition coefficient (Wildman–Crippen LogP) is 3.40. The van der Waals surface area contributed by atoms with Gasteiger partial charge < -0.3 is 14.5 Å². The van der Waals surface area contributed by atoms with Crippen LogP contribution in [0.1, 0.15) is 16.3 Å². The Balaban J connectivity index is 1.45. The molecule has 1 amide bonds. The van der Waals surface area contributed by atoms with Crippen LogP contribution >= 0.6 is 12.2 Å². The second-order valence-corrected chi connectivity index (χ2v) is 6.11. The molecule has 2 aromatic carbocycles. The maximum absolute atomic E-state index is 12.1. The third-order valence-corrected chi connectivity index (χ3v) is 3.84. The lowest BCUT2D eigenvalue weighted by molar-refractivity contribution is -0.384. The van der Waals surface area contributed by atoms with Crippen LogP contribution in [0, 0.1) is 10.1 Å². The Labute approximate surface area is 170 Å². The molecule has 3 N–H and O–H groups in total. The molecular formula is C19H16N4O5S. The number of carbonyl (C=O) groups is 1. The standard InChI is InChI=1S/C19H16N4O5S/c24-18(17-11-10-16(28-17)12-27-15-4-2-1-3-5-15)21-22-19(29)20-13-6-8-14(9-7-13)23(25)26/h1-11H,12H2,(H,21,24)(H2,20,22,29). The summed E-state index contributed by atoms with van der Waals surface area (Å²) >= 11 is 5.07. The van der Waals surface area contributed by atoms with Crippen molar-refractivity contribution in [2.24, 2.45) is 0 Å². The van der Waals surface area contributed by atoms with Gasteiger partial charge in [0.15, 0.2) is 10.9 Å². The molecular weight excluding hydrogens is 396 g/mol. The number of nitrogens with one attached hydrogen (secondary N) is 3. The van der Waals surface area contributed by atoms with E-state index in [1.807, 2.05) is 30.3 Å². The number of anilines is 1. The van der Waals surface area contributed by atoms with Crippen LogP contribution in [-0.2, 0) is 6.61 Å². The molecule has 0 unspecified atom stereocenters. The number of thiocarbonyl (C=S) groups is 1. The van der Waals surface area contributed by atoms with E-state index in [2.05, 4.69) is 16.2 Å². The van der Waals surface area contributed by atoms with Crippen molar-refractivity contribution < 1.29 is 18.9 Å². The molecule has 0 atom stereocenters. The van der Waals surface area contributed by atoms with Gasteiger partial charge in [0.1, 0.15) is 18.1 Å². The van der Waals surface area contributed by atoms with Crippen molar-refractivity contribution in [1.82, 2.24) is 10.9 Å². The van der Waals surface area contributed by atoms with E-state index in [9.17, 15) is 14.9 Å². The zero-order valence-corrected chi connectivity index (χ0v) is 15.8. The smallest absolute Gasteiger partial charge is 0.305 e. The van der Waals surface area contributed by atoms with Gasteiger partial charge >= 0.3 is 5.91 Å². The van der Waals surface area contributed by atoms with E-state index in [1.165, 1.54) is 30.3 Å². The first-order chi connectivity index (χ1) is 14.0. The molecule has 3 aromatic rings. The number of para-hydroxylation sites is 1. The number of hydrogen-bond donors (Lipinski definition) is 3. The molecule has 1 heterocycles. The lowest BCUT2D eigenvalue weighted by Gasteiger charge is -2.10. The minimum atomic E-state index is -0.524. The average Bonchev–Trinajstić information content (AvgIpc) is 3.21. The van der Waals surface area contributed by atoms with E-state index < -0.39 is 10.8 Å². The molecule has 0 radical (unpaired) electrons. The fourth-order valence-corrected chi connectivity index (χ4v) is 2.42. The molecule has 0 aliphatic heterocycles. The SMILES string of the molecule is O=C(NNC(=S)Nc1ccc([N+](=O)[O-])cc1)c1ccc(COc2ccccc2)o1. The minimum absolute atomic E-state index is 0.0346. The van der Waals surface area contributed by atoms with E-state index in [1.54, 1.807) is 6.07 Å². The van der Waals surface area contributed by atoms with Crippen LogP contribution < -0.4 is 20.9 Å². The summed E-state index contributed by atoms with van der Waals surface area (Å²) < 4.78 is 11.0. The summed E-state index contributed by atoms with van der Waals surface area (Å²) in [4.78, 5) is 22.3. The van der Waals surface area contributed by atoms with Gasteiger partial charge in [-0.05, 0) is 48.6 Å². The number of nitro groups is 1. The van der Waals surface area contributed by atoms with E-state index in [0.717, 1.165) is 0 Å². The highest BCUT2D eigenvalue weighted by molar-refractivity contribution is 7.80. The van der Waals surface area contributed by atoms with Crippen LogP contribution in [0.4, 0.5) is 11.4 Å². The molecule has 0 fully saturated rings. The summed E-state index contributed by atoms with van der Waals surface area (Å²) in [7, 11) is 0. The molecule has 148 valence electrons. The van der Waals surface area contributed by atoms with Crippen LogP contribution in [-0.4, -0.2) is 15.9 Å². The first kappa shape index (κ1) is 19.8. The van der Waals surface area contributed by atoms with Gasteiger partial charge in [-0.1, -0.05) is 18.2 Å². The van der Waals surface area contributed by atoms with Crippen LogP contribution in [0.2, 0.25) is 0 Å². The van der Waals surface area contributed by atoms with Crippen LogP contribution in [0.15, 0.2) is 71.1 Å². The third-order valence-electron chi connectivity index (χ3n) is 3.64. The number of hydrogen-bond acceptors (Lipinski definition) is 6. The fraction of sp³-hybridized carbons (Fsp3) is 0.0526. The molecule has 9 nitrogen and oxygen atoms in total. The first-order valence-corrected chi connectivity index (χ1v) is 8.80. The van der Waals surface area contributed by atoms with E-state index >= 15 is 0 Å². The highest BCUT2D eigenvalue weighted by atomic mass is 32.1. The number of benzene rings is 2. The number of amides is 1. The van der Waals surface area contributed by atoms with Crippen LogP contribution in [0.25, 0.3) is 0 Å². The summed E-state index contributed by atoms with van der Waals surface area (Å²) in [6.45, 7) is 0.185. The largest absolute Gasteiger partial charge is 0.486 e. The molecule has 0 spiro atoms. The molecule has 10 heteroatoms. The van der Waals surface area contributed by atoms with Crippen LogP contribution in [0.3, 0.4) is 0 Å². The van der Waals surface area contributed by atoms with Crippen molar-refractivity contribution >= 4 is 34.6 Å². The maximum Gasteiger partial charge on any atom is 0.305 e. The van der Waals surface area contributed by atoms with Gasteiger partial charge in [-0.3, -0.25) is 25.8 Å². The summed E-state index contributed by atoms with van der Waals surface area (Å²) in [5, 5.41) is 13.5. The van der Waals surface area contributed by atoms with Crippen molar-refractivity contribution in [3.05, 3.63) is 88.4 Å². The van der Waals surface area contributed by atoms with Gasteiger partial charge in [0.25, 0.3) is 5.69 Å². The van der Waals surface area contributed by atoms with Crippen LogP contribution in [0.5, 0.6) is 5.75 Å². The van der Waals surface area contributed by atoms with Crippen molar-refractivity contribution in [2.45, 2.75) is 6.61 Å². The average molecular weight is 412 g/mol. The molecule has 0 saturated heterocycles. The van der Waals surface area contributed by atoms with E-state index in [-0.39, 0.29) is 23.2 Å². The number of carbonyl (C=O) groups excluding carboxylic acids is 1. The first-order valence-electron chi connectivity index (χ1n) is 8.39. The number of nitrogens with zero attached hydrogens (tertiary/aromatic N) is 1. The van der Waals surface area contributed by atoms with Crippen molar-refractivity contribution in [3.63, 3.8) is 0 Å². The zero-order chi connectivity index (χ0) is 20.6.